The molecule has 1 aromatic carbocycles. The number of anilines is 1. The number of para-hydroxylation sites is 1. The van der Waals surface area contributed by atoms with Crippen LogP contribution in [-0.4, -0.2) is 63.8 Å². The summed E-state index contributed by atoms with van der Waals surface area (Å²) in [5.41, 5.74) is -0.425. The summed E-state index contributed by atoms with van der Waals surface area (Å²) in [5.74, 6) is -0.132. The number of sulfonamides is 1. The molecule has 2 aliphatic rings. The first-order chi connectivity index (χ1) is 13.2. The fraction of sp³-hybridized carbons (Fsp3) is 0.579. The number of methoxy groups -OCH3 is 1. The molecule has 0 aromatic heterocycles. The van der Waals surface area contributed by atoms with Gasteiger partial charge in [-0.05, 0) is 19.9 Å². The zero-order valence-electron chi connectivity index (χ0n) is 16.5. The Kier molecular flexibility index (Phi) is 5.42. The molecule has 1 heterocycles. The van der Waals surface area contributed by atoms with E-state index in [0.717, 1.165) is 6.26 Å². The summed E-state index contributed by atoms with van der Waals surface area (Å²) in [7, 11) is -2.28. The fourth-order valence-corrected chi connectivity index (χ4v) is 5.56. The van der Waals surface area contributed by atoms with Crippen molar-refractivity contribution < 1.29 is 27.5 Å². The van der Waals surface area contributed by atoms with Crippen LogP contribution in [0.3, 0.4) is 0 Å². The summed E-state index contributed by atoms with van der Waals surface area (Å²) in [6, 6.07) is 6.00. The predicted molar refractivity (Wildman–Crippen MR) is 104 cm³/mol. The molecule has 3 atom stereocenters. The molecule has 0 unspecified atom stereocenters. The average Bonchev–Trinajstić information content (AvgIpc) is 2.92. The van der Waals surface area contributed by atoms with Gasteiger partial charge in [-0.3, -0.25) is 9.10 Å². The van der Waals surface area contributed by atoms with Crippen molar-refractivity contribution in [2.45, 2.75) is 44.4 Å². The average molecular weight is 410 g/mol. The third-order valence-electron chi connectivity index (χ3n) is 5.57. The number of rotatable bonds is 5. The van der Waals surface area contributed by atoms with E-state index in [2.05, 4.69) is 0 Å². The number of ketones is 1. The summed E-state index contributed by atoms with van der Waals surface area (Å²) in [6.07, 6.45) is -0.257. The lowest BCUT2D eigenvalue weighted by Crippen LogP contribution is -2.61. The molecule has 1 aliphatic carbocycles. The van der Waals surface area contributed by atoms with E-state index >= 15 is 0 Å². The highest BCUT2D eigenvalue weighted by Gasteiger charge is 2.64. The summed E-state index contributed by atoms with van der Waals surface area (Å²) in [5, 5.41) is 0. The van der Waals surface area contributed by atoms with Gasteiger partial charge in [-0.2, -0.15) is 0 Å². The maximum atomic E-state index is 12.9. The van der Waals surface area contributed by atoms with Crippen LogP contribution in [0, 0.1) is 0 Å². The largest absolute Gasteiger partial charge is 0.433 e. The first kappa shape index (κ1) is 20.6. The second-order valence-corrected chi connectivity index (χ2v) is 8.96. The Morgan fingerprint density at radius 1 is 1.25 bits per heavy atom. The second kappa shape index (κ2) is 7.36. The molecule has 0 bridgehead atoms. The van der Waals surface area contributed by atoms with Gasteiger partial charge in [-0.25, -0.2) is 13.2 Å². The number of nitrogens with zero attached hydrogens (tertiary/aromatic N) is 2. The van der Waals surface area contributed by atoms with Crippen molar-refractivity contribution in [3.05, 3.63) is 29.8 Å². The summed E-state index contributed by atoms with van der Waals surface area (Å²) in [6.45, 7) is 4.57. The third-order valence-corrected chi connectivity index (χ3v) is 6.74. The van der Waals surface area contributed by atoms with E-state index in [0.29, 0.717) is 24.3 Å². The lowest BCUT2D eigenvalue weighted by atomic mass is 9.75. The quantitative estimate of drug-likeness (QED) is 0.736. The van der Waals surface area contributed by atoms with Crippen LogP contribution < -0.4 is 4.31 Å². The second-order valence-electron chi connectivity index (χ2n) is 7.10. The number of hydrogen-bond acceptors (Lipinski definition) is 6. The number of amides is 1. The van der Waals surface area contributed by atoms with Crippen molar-refractivity contribution >= 4 is 27.6 Å². The van der Waals surface area contributed by atoms with Crippen molar-refractivity contribution in [3.63, 3.8) is 0 Å². The molecular formula is C19H26N2O6S. The van der Waals surface area contributed by atoms with Gasteiger partial charge in [0.15, 0.2) is 5.60 Å². The number of carbonyl (C=O) groups is 2. The van der Waals surface area contributed by atoms with Gasteiger partial charge >= 0.3 is 6.09 Å². The molecular weight excluding hydrogens is 384 g/mol. The van der Waals surface area contributed by atoms with Crippen LogP contribution in [0.5, 0.6) is 0 Å². The monoisotopic (exact) mass is 410 g/mol. The Morgan fingerprint density at radius 2 is 1.89 bits per heavy atom. The predicted octanol–water partition coefficient (Wildman–Crippen LogP) is 1.89. The molecule has 0 N–H and O–H groups in total. The molecule has 154 valence electrons. The normalized spacial score (nSPS) is 26.6. The van der Waals surface area contributed by atoms with Crippen LogP contribution in [0.15, 0.2) is 24.3 Å². The van der Waals surface area contributed by atoms with E-state index in [1.807, 2.05) is 13.8 Å². The Morgan fingerprint density at radius 3 is 2.46 bits per heavy atom. The van der Waals surface area contributed by atoms with E-state index in [4.69, 9.17) is 9.47 Å². The Hall–Kier alpha value is -2.13. The number of fused-ring (bicyclic) bond motifs is 3. The Bertz CT molecular complexity index is 882. The molecule has 1 saturated carbocycles. The van der Waals surface area contributed by atoms with Gasteiger partial charge in [-0.15, -0.1) is 0 Å². The molecule has 0 saturated heterocycles. The lowest BCUT2D eigenvalue weighted by molar-refractivity contribution is -0.153. The molecule has 9 heteroatoms. The van der Waals surface area contributed by atoms with Crippen molar-refractivity contribution in [3.8, 4) is 0 Å². The molecule has 8 nitrogen and oxygen atoms in total. The number of hydrogen-bond donors (Lipinski definition) is 0. The van der Waals surface area contributed by atoms with Gasteiger partial charge < -0.3 is 14.4 Å². The molecule has 1 amide bonds. The molecule has 1 aromatic rings. The van der Waals surface area contributed by atoms with Gasteiger partial charge in [0.2, 0.25) is 10.0 Å². The van der Waals surface area contributed by atoms with Crippen molar-refractivity contribution in [1.82, 2.24) is 4.90 Å². The molecule has 1 aliphatic heterocycles. The van der Waals surface area contributed by atoms with Crippen LogP contribution in [0.4, 0.5) is 10.5 Å². The molecule has 3 rings (SSSR count). The number of benzene rings is 1. The topological polar surface area (TPSA) is 93.2 Å². The van der Waals surface area contributed by atoms with E-state index in [9.17, 15) is 18.0 Å². The fourth-order valence-electron chi connectivity index (χ4n) is 4.35. The Labute approximate surface area is 165 Å². The van der Waals surface area contributed by atoms with E-state index < -0.39 is 33.9 Å². The first-order valence-electron chi connectivity index (χ1n) is 9.31. The summed E-state index contributed by atoms with van der Waals surface area (Å²) >= 11 is 0. The van der Waals surface area contributed by atoms with Crippen LogP contribution in [0.25, 0.3) is 0 Å². The smallest absolute Gasteiger partial charge is 0.410 e. The van der Waals surface area contributed by atoms with Crippen LogP contribution in [0.2, 0.25) is 0 Å². The van der Waals surface area contributed by atoms with Crippen molar-refractivity contribution in [1.29, 1.82) is 0 Å². The minimum atomic E-state index is -3.73. The van der Waals surface area contributed by atoms with E-state index in [1.54, 1.807) is 24.3 Å². The van der Waals surface area contributed by atoms with Crippen molar-refractivity contribution in [2.75, 3.05) is 30.8 Å². The van der Waals surface area contributed by atoms with Crippen LogP contribution >= 0.6 is 0 Å². The number of Topliss-reactive ketones (excluding diaryl/α,β-unsaturated/α-hetero) is 1. The highest BCUT2D eigenvalue weighted by Crippen LogP contribution is 2.54. The van der Waals surface area contributed by atoms with Gasteiger partial charge in [0, 0.05) is 38.6 Å². The maximum Gasteiger partial charge on any atom is 0.410 e. The zero-order chi connectivity index (χ0) is 20.7. The lowest BCUT2D eigenvalue weighted by Gasteiger charge is -2.45. The minimum Gasteiger partial charge on any atom is -0.433 e. The van der Waals surface area contributed by atoms with Gasteiger partial charge in [0.25, 0.3) is 0 Å². The molecule has 28 heavy (non-hydrogen) atoms. The van der Waals surface area contributed by atoms with Gasteiger partial charge in [0.05, 0.1) is 18.0 Å². The number of ether oxygens (including phenoxy) is 2. The first-order valence-corrected chi connectivity index (χ1v) is 11.2. The third kappa shape index (κ3) is 3.06. The molecule has 0 spiro atoms. The summed E-state index contributed by atoms with van der Waals surface area (Å²) < 4.78 is 38.2. The standard InChI is InChI=1S/C19H26N2O6S/c1-5-20(6-2)18(23)27-19-14-9-7-8-10-15(14)21(28(4,24)25)16(19)11-13(22)12-17(19)26-3/h7-10,16-17H,5-6,11-12H2,1-4H3/t16-,17+,19+/m0/s1. The summed E-state index contributed by atoms with van der Waals surface area (Å²) in [4.78, 5) is 26.9. The highest BCUT2D eigenvalue weighted by molar-refractivity contribution is 7.92. The Balaban J connectivity index is 2.23. The van der Waals surface area contributed by atoms with Crippen LogP contribution in [0.1, 0.15) is 32.3 Å². The van der Waals surface area contributed by atoms with E-state index in [1.165, 1.54) is 16.3 Å². The van der Waals surface area contributed by atoms with E-state index in [-0.39, 0.29) is 18.6 Å². The molecule has 1 fully saturated rings. The zero-order valence-corrected chi connectivity index (χ0v) is 17.4. The SMILES string of the molecule is CCN(CC)C(=O)O[C@]12c3ccccc3N(S(C)(=O)=O)[C@H]1CC(=O)C[C@H]2OC. The highest BCUT2D eigenvalue weighted by atomic mass is 32.2. The number of carbonyl (C=O) groups excluding carboxylic acids is 2. The minimum absolute atomic E-state index is 0.0461. The van der Waals surface area contributed by atoms with Crippen LogP contribution in [-0.2, 0) is 29.9 Å². The molecule has 0 radical (unpaired) electrons. The van der Waals surface area contributed by atoms with Gasteiger partial charge in [-0.1, -0.05) is 18.2 Å². The van der Waals surface area contributed by atoms with Gasteiger partial charge in [0.1, 0.15) is 11.9 Å². The maximum absolute atomic E-state index is 12.9. The van der Waals surface area contributed by atoms with Crippen molar-refractivity contribution in [2.24, 2.45) is 0 Å².